The largest absolute Gasteiger partial charge is 0.357 e. The molecule has 0 atom stereocenters. The van der Waals surface area contributed by atoms with Crippen molar-refractivity contribution in [3.05, 3.63) is 83.4 Å². The number of aromatic nitrogens is 2. The van der Waals surface area contributed by atoms with E-state index in [4.69, 9.17) is 4.18 Å². The molecule has 0 aliphatic heterocycles. The summed E-state index contributed by atoms with van der Waals surface area (Å²) < 4.78 is 31.2. The first-order valence-corrected chi connectivity index (χ1v) is 10.6. The third kappa shape index (κ3) is 3.98. The molecule has 4 aromatic rings. The Morgan fingerprint density at radius 3 is 1.97 bits per heavy atom. The van der Waals surface area contributed by atoms with Crippen LogP contribution in [0.1, 0.15) is 16.7 Å². The van der Waals surface area contributed by atoms with Crippen LogP contribution in [0.15, 0.2) is 71.6 Å². The molecule has 0 fully saturated rings. The Morgan fingerprint density at radius 2 is 1.31 bits per heavy atom. The summed E-state index contributed by atoms with van der Waals surface area (Å²) in [7, 11) is -4.03. The van der Waals surface area contributed by atoms with Crippen LogP contribution < -0.4 is 4.18 Å². The van der Waals surface area contributed by atoms with E-state index in [1.165, 1.54) is 12.1 Å². The standard InChI is InChI=1S/C23H20N2O3S/c1-15-4-9-18(10-5-15)22-24-21-14-17(3)8-13-20(21)23(25-22)28-29(26,27)19-11-6-16(2)7-12-19/h4-14H,1-3H3. The van der Waals surface area contributed by atoms with Crippen LogP contribution in [0.3, 0.4) is 0 Å². The highest BCUT2D eigenvalue weighted by Gasteiger charge is 2.20. The molecule has 3 aromatic carbocycles. The van der Waals surface area contributed by atoms with Gasteiger partial charge in [0.2, 0.25) is 5.88 Å². The second kappa shape index (κ2) is 7.29. The Labute approximate surface area is 170 Å². The normalized spacial score (nSPS) is 11.6. The second-order valence-corrected chi connectivity index (χ2v) is 8.64. The van der Waals surface area contributed by atoms with Crippen LogP contribution in [0.5, 0.6) is 5.88 Å². The average molecular weight is 404 g/mol. The number of hydrogen-bond acceptors (Lipinski definition) is 5. The zero-order chi connectivity index (χ0) is 20.6. The molecule has 5 nitrogen and oxygen atoms in total. The molecular formula is C23H20N2O3S. The first-order chi connectivity index (χ1) is 13.8. The molecule has 6 heteroatoms. The van der Waals surface area contributed by atoms with E-state index < -0.39 is 10.1 Å². The van der Waals surface area contributed by atoms with Gasteiger partial charge in [0, 0.05) is 5.56 Å². The minimum absolute atomic E-state index is 0.0196. The van der Waals surface area contributed by atoms with E-state index in [2.05, 4.69) is 9.97 Å². The van der Waals surface area contributed by atoms with Gasteiger partial charge in [-0.15, -0.1) is 0 Å². The van der Waals surface area contributed by atoms with E-state index in [1.54, 1.807) is 18.2 Å². The van der Waals surface area contributed by atoms with Crippen molar-refractivity contribution in [2.75, 3.05) is 0 Å². The third-order valence-electron chi connectivity index (χ3n) is 4.63. The monoisotopic (exact) mass is 404 g/mol. The molecule has 0 spiro atoms. The molecule has 0 aliphatic carbocycles. The van der Waals surface area contributed by atoms with Gasteiger partial charge in [-0.3, -0.25) is 0 Å². The van der Waals surface area contributed by atoms with Crippen LogP contribution in [-0.4, -0.2) is 18.4 Å². The molecule has 0 aliphatic rings. The highest BCUT2D eigenvalue weighted by Crippen LogP contribution is 2.29. The van der Waals surface area contributed by atoms with Crippen molar-refractivity contribution in [3.8, 4) is 17.3 Å². The lowest BCUT2D eigenvalue weighted by Crippen LogP contribution is -2.11. The molecule has 0 radical (unpaired) electrons. The van der Waals surface area contributed by atoms with Crippen molar-refractivity contribution >= 4 is 21.0 Å². The fraction of sp³-hybridized carbons (Fsp3) is 0.130. The molecule has 0 unspecified atom stereocenters. The fourth-order valence-corrected chi connectivity index (χ4v) is 3.86. The van der Waals surface area contributed by atoms with Crippen molar-refractivity contribution in [3.63, 3.8) is 0 Å². The molecule has 0 saturated heterocycles. The van der Waals surface area contributed by atoms with Gasteiger partial charge in [-0.05, 0) is 50.6 Å². The van der Waals surface area contributed by atoms with Crippen LogP contribution >= 0.6 is 0 Å². The number of benzene rings is 3. The Morgan fingerprint density at radius 1 is 0.724 bits per heavy atom. The molecule has 4 rings (SSSR count). The summed E-state index contributed by atoms with van der Waals surface area (Å²) >= 11 is 0. The smallest absolute Gasteiger partial charge is 0.340 e. The third-order valence-corrected chi connectivity index (χ3v) is 5.85. The van der Waals surface area contributed by atoms with Gasteiger partial charge in [0.25, 0.3) is 0 Å². The Bertz CT molecular complexity index is 1300. The van der Waals surface area contributed by atoms with E-state index >= 15 is 0 Å². The van der Waals surface area contributed by atoms with Gasteiger partial charge < -0.3 is 4.18 Å². The molecule has 0 amide bonds. The van der Waals surface area contributed by atoms with Crippen LogP contribution in [-0.2, 0) is 10.1 Å². The predicted molar refractivity (Wildman–Crippen MR) is 113 cm³/mol. The number of rotatable bonds is 4. The lowest BCUT2D eigenvalue weighted by molar-refractivity contribution is 0.479. The average Bonchev–Trinajstić information content (AvgIpc) is 2.68. The number of nitrogens with zero attached hydrogens (tertiary/aromatic N) is 2. The van der Waals surface area contributed by atoms with Gasteiger partial charge in [-0.1, -0.05) is 53.6 Å². The lowest BCUT2D eigenvalue weighted by atomic mass is 10.1. The van der Waals surface area contributed by atoms with Gasteiger partial charge in [-0.25, -0.2) is 4.98 Å². The molecule has 0 saturated carbocycles. The van der Waals surface area contributed by atoms with Gasteiger partial charge >= 0.3 is 10.1 Å². The minimum atomic E-state index is -4.03. The highest BCUT2D eigenvalue weighted by atomic mass is 32.2. The van der Waals surface area contributed by atoms with Crippen molar-refractivity contribution in [1.29, 1.82) is 0 Å². The Kier molecular flexibility index (Phi) is 4.80. The molecule has 0 bridgehead atoms. The topological polar surface area (TPSA) is 69.2 Å². The number of hydrogen-bond donors (Lipinski definition) is 0. The summed E-state index contributed by atoms with van der Waals surface area (Å²) in [6.07, 6.45) is 0. The summed E-state index contributed by atoms with van der Waals surface area (Å²) in [6, 6.07) is 19.8. The van der Waals surface area contributed by atoms with E-state index in [-0.39, 0.29) is 10.8 Å². The quantitative estimate of drug-likeness (QED) is 0.448. The zero-order valence-corrected chi connectivity index (χ0v) is 17.2. The molecule has 0 N–H and O–H groups in total. The van der Waals surface area contributed by atoms with Crippen molar-refractivity contribution in [1.82, 2.24) is 9.97 Å². The van der Waals surface area contributed by atoms with Gasteiger partial charge in [0.05, 0.1) is 10.9 Å². The first-order valence-electron chi connectivity index (χ1n) is 9.18. The maximum atomic E-state index is 12.8. The van der Waals surface area contributed by atoms with E-state index in [9.17, 15) is 8.42 Å². The summed E-state index contributed by atoms with van der Waals surface area (Å²) in [6.45, 7) is 5.85. The Hall–Kier alpha value is -3.25. The van der Waals surface area contributed by atoms with Crippen LogP contribution in [0.25, 0.3) is 22.3 Å². The summed E-state index contributed by atoms with van der Waals surface area (Å²) in [5.74, 6) is 0.434. The maximum absolute atomic E-state index is 12.8. The van der Waals surface area contributed by atoms with Gasteiger partial charge in [0.15, 0.2) is 5.82 Å². The van der Waals surface area contributed by atoms with E-state index in [0.717, 1.165) is 22.3 Å². The minimum Gasteiger partial charge on any atom is -0.357 e. The molecule has 146 valence electrons. The van der Waals surface area contributed by atoms with Gasteiger partial charge in [-0.2, -0.15) is 13.4 Å². The molecule has 1 aromatic heterocycles. The second-order valence-electron chi connectivity index (χ2n) is 7.09. The SMILES string of the molecule is Cc1ccc(-c2nc(OS(=O)(=O)c3ccc(C)cc3)c3ccc(C)cc3n2)cc1. The summed E-state index contributed by atoms with van der Waals surface area (Å²) in [5, 5.41) is 0.544. The van der Waals surface area contributed by atoms with Crippen LogP contribution in [0, 0.1) is 20.8 Å². The van der Waals surface area contributed by atoms with Crippen LogP contribution in [0.2, 0.25) is 0 Å². The zero-order valence-electron chi connectivity index (χ0n) is 16.4. The lowest BCUT2D eigenvalue weighted by Gasteiger charge is -2.11. The number of aryl methyl sites for hydroxylation is 3. The number of fused-ring (bicyclic) bond motifs is 1. The highest BCUT2D eigenvalue weighted by molar-refractivity contribution is 7.87. The summed E-state index contributed by atoms with van der Waals surface area (Å²) in [4.78, 5) is 9.15. The first kappa shape index (κ1) is 19.1. The molecule has 29 heavy (non-hydrogen) atoms. The molecular weight excluding hydrogens is 384 g/mol. The maximum Gasteiger partial charge on any atom is 0.340 e. The van der Waals surface area contributed by atoms with Gasteiger partial charge in [0.1, 0.15) is 4.90 Å². The van der Waals surface area contributed by atoms with Crippen molar-refractivity contribution < 1.29 is 12.6 Å². The van der Waals surface area contributed by atoms with E-state index in [0.29, 0.717) is 16.7 Å². The summed E-state index contributed by atoms with van der Waals surface area (Å²) in [5.41, 5.74) is 4.51. The predicted octanol–water partition coefficient (Wildman–Crippen LogP) is 4.99. The van der Waals surface area contributed by atoms with E-state index in [1.807, 2.05) is 57.2 Å². The fourth-order valence-electron chi connectivity index (χ4n) is 2.96. The van der Waals surface area contributed by atoms with Crippen LogP contribution in [0.4, 0.5) is 0 Å². The molecule has 1 heterocycles. The van der Waals surface area contributed by atoms with Crippen molar-refractivity contribution in [2.24, 2.45) is 0 Å². The Balaban J connectivity index is 1.86. The van der Waals surface area contributed by atoms with Crippen molar-refractivity contribution in [2.45, 2.75) is 25.7 Å².